The van der Waals surface area contributed by atoms with Gasteiger partial charge in [-0.3, -0.25) is 4.79 Å². The molecule has 2 rings (SSSR count). The molecule has 0 radical (unpaired) electrons. The smallest absolute Gasteiger partial charge is 0.224 e. The SMILES string of the molecule is C[C@@H](CC(=O)Nc1cccc(C#N)c1)c1ccccc1. The molecule has 0 aliphatic heterocycles. The van der Waals surface area contributed by atoms with E-state index in [2.05, 4.69) is 11.4 Å². The molecule has 3 heteroatoms. The van der Waals surface area contributed by atoms with Crippen LogP contribution in [0.5, 0.6) is 0 Å². The maximum absolute atomic E-state index is 12.0. The Hall–Kier alpha value is -2.60. The highest BCUT2D eigenvalue weighted by Crippen LogP contribution is 2.19. The predicted octanol–water partition coefficient (Wildman–Crippen LogP) is 3.69. The van der Waals surface area contributed by atoms with Crippen LogP contribution in [-0.4, -0.2) is 5.91 Å². The fraction of sp³-hybridized carbons (Fsp3) is 0.176. The number of hydrogen-bond donors (Lipinski definition) is 1. The first kappa shape index (κ1) is 13.8. The Morgan fingerprint density at radius 2 is 1.95 bits per heavy atom. The highest BCUT2D eigenvalue weighted by molar-refractivity contribution is 5.91. The molecule has 20 heavy (non-hydrogen) atoms. The van der Waals surface area contributed by atoms with Crippen LogP contribution in [0, 0.1) is 11.3 Å². The number of rotatable bonds is 4. The lowest BCUT2D eigenvalue weighted by molar-refractivity contribution is -0.116. The maximum Gasteiger partial charge on any atom is 0.224 e. The van der Waals surface area contributed by atoms with E-state index in [1.807, 2.05) is 37.3 Å². The Morgan fingerprint density at radius 1 is 1.20 bits per heavy atom. The van der Waals surface area contributed by atoms with Gasteiger partial charge >= 0.3 is 0 Å². The molecular formula is C17H16N2O. The van der Waals surface area contributed by atoms with Gasteiger partial charge in [-0.2, -0.15) is 5.26 Å². The Labute approximate surface area is 118 Å². The van der Waals surface area contributed by atoms with Gasteiger partial charge in [-0.05, 0) is 29.7 Å². The molecule has 0 aliphatic rings. The van der Waals surface area contributed by atoms with Crippen LogP contribution in [-0.2, 0) is 4.79 Å². The summed E-state index contributed by atoms with van der Waals surface area (Å²) in [4.78, 5) is 12.0. The van der Waals surface area contributed by atoms with Crippen molar-refractivity contribution in [1.29, 1.82) is 5.26 Å². The summed E-state index contributed by atoms with van der Waals surface area (Å²) in [7, 11) is 0. The average molecular weight is 264 g/mol. The van der Waals surface area contributed by atoms with Gasteiger partial charge in [0.25, 0.3) is 0 Å². The second-order valence-electron chi connectivity index (χ2n) is 4.76. The van der Waals surface area contributed by atoms with Crippen LogP contribution in [0.3, 0.4) is 0 Å². The lowest BCUT2D eigenvalue weighted by Crippen LogP contribution is -2.14. The Bertz CT molecular complexity index is 629. The fourth-order valence-corrected chi connectivity index (χ4v) is 2.06. The molecule has 2 aromatic carbocycles. The highest BCUT2D eigenvalue weighted by Gasteiger charge is 2.11. The molecule has 100 valence electrons. The summed E-state index contributed by atoms with van der Waals surface area (Å²) in [6.07, 6.45) is 0.417. The van der Waals surface area contributed by atoms with E-state index < -0.39 is 0 Å². The summed E-state index contributed by atoms with van der Waals surface area (Å²) in [5, 5.41) is 11.7. The molecule has 3 nitrogen and oxygen atoms in total. The van der Waals surface area contributed by atoms with Crippen molar-refractivity contribution in [3.63, 3.8) is 0 Å². The van der Waals surface area contributed by atoms with Crippen molar-refractivity contribution in [2.75, 3.05) is 5.32 Å². The lowest BCUT2D eigenvalue weighted by atomic mass is 9.97. The minimum Gasteiger partial charge on any atom is -0.326 e. The van der Waals surface area contributed by atoms with Gasteiger partial charge in [-0.1, -0.05) is 43.3 Å². The van der Waals surface area contributed by atoms with Crippen molar-refractivity contribution in [2.45, 2.75) is 19.3 Å². The Balaban J connectivity index is 1.97. The number of anilines is 1. The lowest BCUT2D eigenvalue weighted by Gasteiger charge is -2.12. The van der Waals surface area contributed by atoms with E-state index in [0.29, 0.717) is 17.7 Å². The third-order valence-electron chi connectivity index (χ3n) is 3.14. The zero-order valence-corrected chi connectivity index (χ0v) is 11.3. The second kappa shape index (κ2) is 6.53. The first-order chi connectivity index (χ1) is 9.69. The van der Waals surface area contributed by atoms with Gasteiger partial charge in [0, 0.05) is 12.1 Å². The summed E-state index contributed by atoms with van der Waals surface area (Å²) in [6, 6.07) is 18.9. The van der Waals surface area contributed by atoms with Crippen molar-refractivity contribution in [2.24, 2.45) is 0 Å². The summed E-state index contributed by atoms with van der Waals surface area (Å²) in [5.41, 5.74) is 2.35. The van der Waals surface area contributed by atoms with Crippen LogP contribution in [0.4, 0.5) is 5.69 Å². The van der Waals surface area contributed by atoms with E-state index >= 15 is 0 Å². The first-order valence-electron chi connectivity index (χ1n) is 6.54. The first-order valence-corrected chi connectivity index (χ1v) is 6.54. The third kappa shape index (κ3) is 3.69. The summed E-state index contributed by atoms with van der Waals surface area (Å²) in [6.45, 7) is 2.03. The highest BCUT2D eigenvalue weighted by atomic mass is 16.1. The molecule has 0 fully saturated rings. The van der Waals surface area contributed by atoms with E-state index in [9.17, 15) is 4.79 Å². The molecule has 0 spiro atoms. The van der Waals surface area contributed by atoms with Crippen molar-refractivity contribution >= 4 is 11.6 Å². The second-order valence-corrected chi connectivity index (χ2v) is 4.76. The number of benzene rings is 2. The molecule has 0 saturated heterocycles. The molecule has 1 N–H and O–H groups in total. The number of amides is 1. The van der Waals surface area contributed by atoms with Crippen LogP contribution in [0.2, 0.25) is 0 Å². The standard InChI is InChI=1S/C17H16N2O/c1-13(15-7-3-2-4-8-15)10-17(20)19-16-9-5-6-14(11-16)12-18/h2-9,11,13H,10H2,1H3,(H,19,20)/t13-/m0/s1. The quantitative estimate of drug-likeness (QED) is 0.915. The molecule has 2 aromatic rings. The molecule has 0 aromatic heterocycles. The van der Waals surface area contributed by atoms with E-state index in [0.717, 1.165) is 5.56 Å². The monoisotopic (exact) mass is 264 g/mol. The van der Waals surface area contributed by atoms with Crippen LogP contribution in [0.25, 0.3) is 0 Å². The van der Waals surface area contributed by atoms with Gasteiger partial charge in [0.05, 0.1) is 11.6 Å². The maximum atomic E-state index is 12.0. The van der Waals surface area contributed by atoms with Crippen molar-refractivity contribution < 1.29 is 4.79 Å². The van der Waals surface area contributed by atoms with Crippen LogP contribution in [0.1, 0.15) is 30.4 Å². The van der Waals surface area contributed by atoms with Gasteiger partial charge in [-0.15, -0.1) is 0 Å². The number of carbonyl (C=O) groups excluding carboxylic acids is 1. The minimum atomic E-state index is -0.0450. The fourth-order valence-electron chi connectivity index (χ4n) is 2.06. The third-order valence-corrected chi connectivity index (χ3v) is 3.14. The van der Waals surface area contributed by atoms with E-state index in [1.165, 1.54) is 0 Å². The van der Waals surface area contributed by atoms with E-state index in [4.69, 9.17) is 5.26 Å². The molecule has 0 unspecified atom stereocenters. The zero-order chi connectivity index (χ0) is 14.4. The molecule has 0 aliphatic carbocycles. The van der Waals surface area contributed by atoms with Crippen LogP contribution in [0.15, 0.2) is 54.6 Å². The predicted molar refractivity (Wildman–Crippen MR) is 79.3 cm³/mol. The van der Waals surface area contributed by atoms with E-state index in [-0.39, 0.29) is 11.8 Å². The summed E-state index contributed by atoms with van der Waals surface area (Å²) < 4.78 is 0. The van der Waals surface area contributed by atoms with Crippen LogP contribution < -0.4 is 5.32 Å². The minimum absolute atomic E-state index is 0.0450. The molecule has 0 bridgehead atoms. The van der Waals surface area contributed by atoms with E-state index in [1.54, 1.807) is 24.3 Å². The summed E-state index contributed by atoms with van der Waals surface area (Å²) >= 11 is 0. The molecule has 1 atom stereocenters. The van der Waals surface area contributed by atoms with Crippen molar-refractivity contribution in [3.8, 4) is 6.07 Å². The Kier molecular flexibility index (Phi) is 4.52. The molecular weight excluding hydrogens is 248 g/mol. The van der Waals surface area contributed by atoms with Gasteiger partial charge in [0.1, 0.15) is 0 Å². The van der Waals surface area contributed by atoms with Crippen molar-refractivity contribution in [1.82, 2.24) is 0 Å². The largest absolute Gasteiger partial charge is 0.326 e. The number of nitrogens with zero attached hydrogens (tertiary/aromatic N) is 1. The molecule has 0 heterocycles. The summed E-state index contributed by atoms with van der Waals surface area (Å²) in [5.74, 6) is 0.117. The average Bonchev–Trinajstić information content (AvgIpc) is 2.48. The van der Waals surface area contributed by atoms with Gasteiger partial charge in [0.2, 0.25) is 5.91 Å². The number of carbonyl (C=O) groups is 1. The topological polar surface area (TPSA) is 52.9 Å². The number of hydrogen-bond acceptors (Lipinski definition) is 2. The Morgan fingerprint density at radius 3 is 2.65 bits per heavy atom. The zero-order valence-electron chi connectivity index (χ0n) is 11.3. The molecule has 1 amide bonds. The number of nitrogens with one attached hydrogen (secondary N) is 1. The van der Waals surface area contributed by atoms with Gasteiger partial charge < -0.3 is 5.32 Å². The van der Waals surface area contributed by atoms with Gasteiger partial charge in [0.15, 0.2) is 0 Å². The van der Waals surface area contributed by atoms with Crippen molar-refractivity contribution in [3.05, 3.63) is 65.7 Å². The normalized spacial score (nSPS) is 11.4. The van der Waals surface area contributed by atoms with Crippen LogP contribution >= 0.6 is 0 Å². The number of nitriles is 1. The molecule has 0 saturated carbocycles. The van der Waals surface area contributed by atoms with Gasteiger partial charge in [-0.25, -0.2) is 0 Å².